The smallest absolute Gasteiger partial charge is 0.0753 e. The van der Waals surface area contributed by atoms with Gasteiger partial charge in [0.25, 0.3) is 0 Å². The second kappa shape index (κ2) is 5.37. The molecule has 0 bridgehead atoms. The number of rotatable bonds is 3. The van der Waals surface area contributed by atoms with E-state index in [1.54, 1.807) is 12.4 Å². The van der Waals surface area contributed by atoms with Crippen LogP contribution in [0.2, 0.25) is 0 Å². The summed E-state index contributed by atoms with van der Waals surface area (Å²) in [5.41, 5.74) is 6.90. The Morgan fingerprint density at radius 3 is 2.69 bits per heavy atom. The lowest BCUT2D eigenvalue weighted by Crippen LogP contribution is -2.38. The minimum Gasteiger partial charge on any atom is -0.328 e. The van der Waals surface area contributed by atoms with E-state index in [-0.39, 0.29) is 6.04 Å². The van der Waals surface area contributed by atoms with Crippen LogP contribution in [0.3, 0.4) is 0 Å². The van der Waals surface area contributed by atoms with Crippen molar-refractivity contribution in [3.8, 4) is 0 Å². The largest absolute Gasteiger partial charge is 0.328 e. The van der Waals surface area contributed by atoms with Gasteiger partial charge >= 0.3 is 0 Å². The first-order valence-corrected chi connectivity index (χ1v) is 6.03. The van der Waals surface area contributed by atoms with Crippen LogP contribution in [-0.2, 0) is 0 Å². The average Bonchev–Trinajstić information content (AvgIpc) is 2.33. The minimum atomic E-state index is 0.271. The highest BCUT2D eigenvalue weighted by atomic mass is 15.0. The number of nitrogens with two attached hydrogens (primary N) is 1. The van der Waals surface area contributed by atoms with E-state index in [0.717, 1.165) is 18.5 Å². The zero-order chi connectivity index (χ0) is 11.4. The predicted molar refractivity (Wildman–Crippen MR) is 63.8 cm³/mol. The molecular weight excluding hydrogens is 200 g/mol. The Labute approximate surface area is 96.7 Å². The second-order valence-corrected chi connectivity index (χ2v) is 4.63. The maximum atomic E-state index is 5.89. The maximum absolute atomic E-state index is 5.89. The Balaban J connectivity index is 1.86. The van der Waals surface area contributed by atoms with Crippen molar-refractivity contribution in [2.24, 2.45) is 5.73 Å². The van der Waals surface area contributed by atoms with Crippen LogP contribution in [0.4, 0.5) is 0 Å². The molecule has 1 saturated carbocycles. The van der Waals surface area contributed by atoms with E-state index >= 15 is 0 Å². The third-order valence-electron chi connectivity index (χ3n) is 3.28. The summed E-state index contributed by atoms with van der Waals surface area (Å²) in [7, 11) is 0. The summed E-state index contributed by atoms with van der Waals surface area (Å²) >= 11 is 0. The van der Waals surface area contributed by atoms with Crippen molar-refractivity contribution in [2.45, 2.75) is 50.7 Å². The van der Waals surface area contributed by atoms with E-state index < -0.39 is 0 Å². The average molecular weight is 220 g/mol. The summed E-state index contributed by atoms with van der Waals surface area (Å²) in [6.45, 7) is 2.14. The molecule has 1 aliphatic rings. The van der Waals surface area contributed by atoms with Gasteiger partial charge in [-0.15, -0.1) is 0 Å². The molecule has 88 valence electrons. The highest BCUT2D eigenvalue weighted by Crippen LogP contribution is 2.19. The fraction of sp³-hybridized carbons (Fsp3) is 0.667. The van der Waals surface area contributed by atoms with Crippen molar-refractivity contribution in [3.05, 3.63) is 24.3 Å². The minimum absolute atomic E-state index is 0.271. The van der Waals surface area contributed by atoms with Crippen molar-refractivity contribution in [1.29, 1.82) is 0 Å². The topological polar surface area (TPSA) is 63.8 Å². The van der Waals surface area contributed by atoms with Gasteiger partial charge in [-0.1, -0.05) is 0 Å². The monoisotopic (exact) mass is 220 g/mol. The molecule has 3 N–H and O–H groups in total. The summed E-state index contributed by atoms with van der Waals surface area (Å²) in [5.74, 6) is 0. The summed E-state index contributed by atoms with van der Waals surface area (Å²) < 4.78 is 0. The molecule has 0 radical (unpaired) electrons. The Bertz CT molecular complexity index is 306. The van der Waals surface area contributed by atoms with Crippen LogP contribution in [0.1, 0.15) is 44.3 Å². The molecule has 1 heterocycles. The van der Waals surface area contributed by atoms with Gasteiger partial charge in [-0.05, 0) is 32.6 Å². The van der Waals surface area contributed by atoms with Crippen molar-refractivity contribution in [3.63, 3.8) is 0 Å². The molecule has 0 unspecified atom stereocenters. The molecule has 0 aliphatic heterocycles. The van der Waals surface area contributed by atoms with Gasteiger partial charge < -0.3 is 11.1 Å². The molecule has 0 spiro atoms. The van der Waals surface area contributed by atoms with Crippen LogP contribution in [0, 0.1) is 0 Å². The summed E-state index contributed by atoms with van der Waals surface area (Å²) in [6.07, 6.45) is 9.87. The van der Waals surface area contributed by atoms with Crippen LogP contribution >= 0.6 is 0 Å². The Morgan fingerprint density at radius 1 is 1.31 bits per heavy atom. The fourth-order valence-electron chi connectivity index (χ4n) is 2.26. The van der Waals surface area contributed by atoms with Gasteiger partial charge in [0.05, 0.1) is 5.69 Å². The van der Waals surface area contributed by atoms with Gasteiger partial charge in [0.15, 0.2) is 0 Å². The first kappa shape index (κ1) is 11.5. The van der Waals surface area contributed by atoms with Gasteiger partial charge in [0.1, 0.15) is 0 Å². The fourth-order valence-corrected chi connectivity index (χ4v) is 2.26. The lowest BCUT2D eigenvalue weighted by molar-refractivity contribution is 0.320. The Morgan fingerprint density at radius 2 is 2.06 bits per heavy atom. The predicted octanol–water partition coefficient (Wildman–Crippen LogP) is 1.40. The van der Waals surface area contributed by atoms with Crippen molar-refractivity contribution in [2.75, 3.05) is 0 Å². The number of nitrogens with zero attached hydrogens (tertiary/aromatic N) is 2. The summed E-state index contributed by atoms with van der Waals surface area (Å²) in [6, 6.07) is 1.26. The number of aromatic nitrogens is 2. The lowest BCUT2D eigenvalue weighted by atomic mass is 9.91. The third kappa shape index (κ3) is 3.00. The van der Waals surface area contributed by atoms with Gasteiger partial charge in [0, 0.05) is 36.7 Å². The molecule has 1 aliphatic carbocycles. The Hall–Kier alpha value is -1.00. The number of hydrogen-bond donors (Lipinski definition) is 2. The van der Waals surface area contributed by atoms with Gasteiger partial charge in [0.2, 0.25) is 0 Å². The molecule has 0 saturated heterocycles. The lowest BCUT2D eigenvalue weighted by Gasteiger charge is -2.29. The molecule has 16 heavy (non-hydrogen) atoms. The maximum Gasteiger partial charge on any atom is 0.0753 e. The highest BCUT2D eigenvalue weighted by molar-refractivity contribution is 5.01. The standard InChI is InChI=1S/C12H20N4/c1-9(12-8-14-6-7-15-12)16-11-4-2-10(13)3-5-11/h6-11,16H,2-5,13H2,1H3/t9-,10?,11?/m1/s1. The molecule has 1 aromatic rings. The first-order chi connectivity index (χ1) is 7.75. The summed E-state index contributed by atoms with van der Waals surface area (Å²) in [5, 5.41) is 3.60. The molecule has 1 atom stereocenters. The molecule has 0 amide bonds. The molecule has 4 heteroatoms. The van der Waals surface area contributed by atoms with E-state index in [9.17, 15) is 0 Å². The van der Waals surface area contributed by atoms with E-state index in [0.29, 0.717) is 12.1 Å². The second-order valence-electron chi connectivity index (χ2n) is 4.63. The van der Waals surface area contributed by atoms with Crippen LogP contribution in [0.25, 0.3) is 0 Å². The molecule has 4 nitrogen and oxygen atoms in total. The van der Waals surface area contributed by atoms with E-state index in [1.165, 1.54) is 12.8 Å². The first-order valence-electron chi connectivity index (χ1n) is 6.03. The third-order valence-corrected chi connectivity index (χ3v) is 3.28. The molecule has 1 aromatic heterocycles. The van der Waals surface area contributed by atoms with Crippen LogP contribution in [0.15, 0.2) is 18.6 Å². The number of nitrogens with one attached hydrogen (secondary N) is 1. The van der Waals surface area contributed by atoms with E-state index in [1.807, 2.05) is 6.20 Å². The molecule has 2 rings (SSSR count). The SMILES string of the molecule is C[C@@H](NC1CCC(N)CC1)c1cnccn1. The zero-order valence-corrected chi connectivity index (χ0v) is 9.76. The Kier molecular flexibility index (Phi) is 3.85. The van der Waals surface area contributed by atoms with Crippen molar-refractivity contribution >= 4 is 0 Å². The van der Waals surface area contributed by atoms with Crippen molar-refractivity contribution < 1.29 is 0 Å². The molecule has 1 fully saturated rings. The quantitative estimate of drug-likeness (QED) is 0.808. The van der Waals surface area contributed by atoms with Crippen molar-refractivity contribution in [1.82, 2.24) is 15.3 Å². The summed E-state index contributed by atoms with van der Waals surface area (Å²) in [4.78, 5) is 8.40. The molecular formula is C12H20N4. The van der Waals surface area contributed by atoms with Crippen LogP contribution in [-0.4, -0.2) is 22.1 Å². The zero-order valence-electron chi connectivity index (χ0n) is 9.76. The van der Waals surface area contributed by atoms with Gasteiger partial charge in [-0.2, -0.15) is 0 Å². The highest BCUT2D eigenvalue weighted by Gasteiger charge is 2.20. The van der Waals surface area contributed by atoms with Crippen LogP contribution in [0.5, 0.6) is 0 Å². The number of hydrogen-bond acceptors (Lipinski definition) is 4. The van der Waals surface area contributed by atoms with E-state index in [4.69, 9.17) is 5.73 Å². The van der Waals surface area contributed by atoms with Gasteiger partial charge in [-0.25, -0.2) is 0 Å². The van der Waals surface area contributed by atoms with E-state index in [2.05, 4.69) is 22.2 Å². The van der Waals surface area contributed by atoms with Gasteiger partial charge in [-0.3, -0.25) is 9.97 Å². The molecule has 0 aromatic carbocycles. The normalized spacial score (nSPS) is 27.6. The van der Waals surface area contributed by atoms with Crippen LogP contribution < -0.4 is 11.1 Å².